The van der Waals surface area contributed by atoms with Crippen LogP contribution in [0.15, 0.2) is 63.1 Å². The van der Waals surface area contributed by atoms with Gasteiger partial charge < -0.3 is 9.84 Å². The van der Waals surface area contributed by atoms with Crippen molar-refractivity contribution in [3.05, 3.63) is 85.5 Å². The molecule has 0 fully saturated rings. The van der Waals surface area contributed by atoms with Crippen LogP contribution in [0.25, 0.3) is 5.69 Å². The molecular weight excluding hydrogens is 410 g/mol. The van der Waals surface area contributed by atoms with E-state index in [-0.39, 0.29) is 17.9 Å². The summed E-state index contributed by atoms with van der Waals surface area (Å²) in [4.78, 5) is 42.9. The van der Waals surface area contributed by atoms with Crippen LogP contribution in [-0.4, -0.2) is 32.9 Å². The number of hydrogen-bond acceptors (Lipinski definition) is 6. The van der Waals surface area contributed by atoms with E-state index in [0.29, 0.717) is 22.0 Å². The lowest BCUT2D eigenvalue weighted by molar-refractivity contribution is 0.0526. The van der Waals surface area contributed by atoms with Crippen LogP contribution < -0.4 is 11.2 Å². The summed E-state index contributed by atoms with van der Waals surface area (Å²) in [5, 5.41) is 11.1. The summed E-state index contributed by atoms with van der Waals surface area (Å²) >= 11 is 5.87. The fraction of sp³-hybridized carbons (Fsp3) is 0.143. The van der Waals surface area contributed by atoms with Gasteiger partial charge >= 0.3 is 11.7 Å². The maximum atomic E-state index is 12.4. The second kappa shape index (κ2) is 8.79. The lowest BCUT2D eigenvalue weighted by atomic mass is 10.2. The summed E-state index contributed by atoms with van der Waals surface area (Å²) in [5.74, 6) is -0.996. The molecule has 0 aliphatic heterocycles. The van der Waals surface area contributed by atoms with E-state index in [1.165, 1.54) is 19.1 Å². The maximum Gasteiger partial charge on any atom is 0.338 e. The Morgan fingerprint density at radius 3 is 2.37 bits per heavy atom. The molecule has 3 aromatic rings. The number of aromatic nitrogens is 2. The van der Waals surface area contributed by atoms with Crippen LogP contribution in [0.3, 0.4) is 0 Å². The van der Waals surface area contributed by atoms with Crippen LogP contribution in [-0.2, 0) is 4.74 Å². The third-order valence-electron chi connectivity index (χ3n) is 4.21. The highest BCUT2D eigenvalue weighted by molar-refractivity contribution is 6.30. The molecule has 30 heavy (non-hydrogen) atoms. The molecule has 1 aromatic heterocycles. The molecule has 0 aliphatic carbocycles. The molecule has 0 saturated carbocycles. The zero-order valence-electron chi connectivity index (χ0n) is 16.2. The van der Waals surface area contributed by atoms with Gasteiger partial charge in [-0.15, -0.1) is 0 Å². The van der Waals surface area contributed by atoms with E-state index in [4.69, 9.17) is 16.3 Å². The first-order chi connectivity index (χ1) is 14.3. The summed E-state index contributed by atoms with van der Waals surface area (Å²) in [5.41, 5.74) is -0.401. The van der Waals surface area contributed by atoms with E-state index in [0.717, 1.165) is 4.57 Å². The van der Waals surface area contributed by atoms with E-state index in [1.54, 1.807) is 43.3 Å². The van der Waals surface area contributed by atoms with Gasteiger partial charge in [0, 0.05) is 5.02 Å². The zero-order chi connectivity index (χ0) is 21.8. The van der Waals surface area contributed by atoms with E-state index >= 15 is 0 Å². The fourth-order valence-corrected chi connectivity index (χ4v) is 2.94. The SMILES string of the molecule is CCOC(=O)c1ccc(N=C(C)c2c(O)n(-c3ccc(Cl)cc3)c(=O)[nH]c2=O)cc1. The van der Waals surface area contributed by atoms with E-state index in [1.807, 2.05) is 0 Å². The number of benzene rings is 2. The number of carbonyl (C=O) groups is 1. The third kappa shape index (κ3) is 4.33. The molecule has 0 amide bonds. The summed E-state index contributed by atoms with van der Waals surface area (Å²) in [6, 6.07) is 12.4. The Balaban J connectivity index is 2.03. The van der Waals surface area contributed by atoms with Crippen molar-refractivity contribution in [2.75, 3.05) is 6.61 Å². The van der Waals surface area contributed by atoms with Gasteiger partial charge in [0.05, 0.1) is 29.3 Å². The molecule has 2 aromatic carbocycles. The van der Waals surface area contributed by atoms with Crippen molar-refractivity contribution in [2.24, 2.45) is 4.99 Å². The summed E-state index contributed by atoms with van der Waals surface area (Å²) in [6.07, 6.45) is 0. The van der Waals surface area contributed by atoms with Crippen LogP contribution in [0.1, 0.15) is 29.8 Å². The minimum Gasteiger partial charge on any atom is -0.493 e. The van der Waals surface area contributed by atoms with Crippen LogP contribution in [0.2, 0.25) is 5.02 Å². The number of halogens is 1. The highest BCUT2D eigenvalue weighted by atomic mass is 35.5. The number of esters is 1. The Labute approximate surface area is 176 Å². The first-order valence-electron chi connectivity index (χ1n) is 8.99. The van der Waals surface area contributed by atoms with Gasteiger partial charge in [0.2, 0.25) is 5.88 Å². The minimum atomic E-state index is -0.796. The third-order valence-corrected chi connectivity index (χ3v) is 4.46. The quantitative estimate of drug-likeness (QED) is 0.479. The Morgan fingerprint density at radius 1 is 1.13 bits per heavy atom. The highest BCUT2D eigenvalue weighted by Crippen LogP contribution is 2.21. The second-order valence-electron chi connectivity index (χ2n) is 6.23. The lowest BCUT2D eigenvalue weighted by Crippen LogP contribution is -2.32. The number of ether oxygens (including phenoxy) is 1. The Bertz CT molecular complexity index is 1230. The molecule has 0 bridgehead atoms. The molecule has 1 heterocycles. The topological polar surface area (TPSA) is 114 Å². The van der Waals surface area contributed by atoms with Gasteiger partial charge in [-0.05, 0) is 62.4 Å². The summed E-state index contributed by atoms with van der Waals surface area (Å²) in [7, 11) is 0. The molecule has 0 spiro atoms. The maximum absolute atomic E-state index is 12.4. The average molecular weight is 428 g/mol. The Morgan fingerprint density at radius 2 is 1.77 bits per heavy atom. The van der Waals surface area contributed by atoms with Gasteiger partial charge in [0.25, 0.3) is 5.56 Å². The Kier molecular flexibility index (Phi) is 6.17. The van der Waals surface area contributed by atoms with Crippen LogP contribution in [0.4, 0.5) is 5.69 Å². The number of hydrogen-bond donors (Lipinski definition) is 2. The van der Waals surface area contributed by atoms with Gasteiger partial charge in [-0.3, -0.25) is 14.8 Å². The van der Waals surface area contributed by atoms with E-state index < -0.39 is 23.1 Å². The number of carbonyl (C=O) groups excluding carboxylic acids is 1. The van der Waals surface area contributed by atoms with Crippen molar-refractivity contribution >= 4 is 29.0 Å². The number of aromatic hydroxyl groups is 1. The van der Waals surface area contributed by atoms with Gasteiger partial charge in [-0.1, -0.05) is 11.6 Å². The van der Waals surface area contributed by atoms with Crippen molar-refractivity contribution in [1.82, 2.24) is 9.55 Å². The predicted molar refractivity (Wildman–Crippen MR) is 114 cm³/mol. The predicted octanol–water partition coefficient (Wildman–Crippen LogP) is 3.20. The highest BCUT2D eigenvalue weighted by Gasteiger charge is 2.18. The van der Waals surface area contributed by atoms with E-state index in [9.17, 15) is 19.5 Å². The smallest absolute Gasteiger partial charge is 0.338 e. The normalized spacial score (nSPS) is 11.4. The van der Waals surface area contributed by atoms with Gasteiger partial charge in [0.1, 0.15) is 5.56 Å². The molecule has 2 N–H and O–H groups in total. The number of H-pyrrole nitrogens is 1. The number of aromatic amines is 1. The van der Waals surface area contributed by atoms with E-state index in [2.05, 4.69) is 9.98 Å². The van der Waals surface area contributed by atoms with Crippen LogP contribution in [0, 0.1) is 0 Å². The number of rotatable bonds is 5. The minimum absolute atomic E-state index is 0.154. The first-order valence-corrected chi connectivity index (χ1v) is 9.36. The lowest BCUT2D eigenvalue weighted by Gasteiger charge is -2.11. The number of aliphatic imine (C=N–C) groups is 1. The average Bonchev–Trinajstić information content (AvgIpc) is 2.69. The van der Waals surface area contributed by atoms with Gasteiger partial charge in [-0.25, -0.2) is 14.2 Å². The van der Waals surface area contributed by atoms with Gasteiger partial charge in [0.15, 0.2) is 0 Å². The molecular formula is C21H18ClN3O5. The second-order valence-corrected chi connectivity index (χ2v) is 6.67. The fourth-order valence-electron chi connectivity index (χ4n) is 2.82. The van der Waals surface area contributed by atoms with Crippen molar-refractivity contribution in [1.29, 1.82) is 0 Å². The molecule has 0 atom stereocenters. The summed E-state index contributed by atoms with van der Waals surface area (Å²) < 4.78 is 5.88. The molecule has 0 saturated heterocycles. The first kappa shape index (κ1) is 21.1. The summed E-state index contributed by atoms with van der Waals surface area (Å²) in [6.45, 7) is 3.51. The molecule has 0 radical (unpaired) electrons. The molecule has 0 unspecified atom stereocenters. The van der Waals surface area contributed by atoms with Crippen molar-refractivity contribution in [3.63, 3.8) is 0 Å². The zero-order valence-corrected chi connectivity index (χ0v) is 16.9. The standard InChI is InChI=1S/C21H18ClN3O5/c1-3-30-20(28)13-4-8-15(9-5-13)23-12(2)17-18(26)24-21(29)25(19(17)27)16-10-6-14(22)7-11-16/h4-11,27H,3H2,1-2H3,(H,24,26,29). The van der Waals surface area contributed by atoms with Crippen LogP contribution >= 0.6 is 11.6 Å². The van der Waals surface area contributed by atoms with Crippen molar-refractivity contribution < 1.29 is 14.6 Å². The van der Waals surface area contributed by atoms with Crippen LogP contribution in [0.5, 0.6) is 5.88 Å². The molecule has 8 nitrogen and oxygen atoms in total. The molecule has 0 aliphatic rings. The largest absolute Gasteiger partial charge is 0.493 e. The molecule has 154 valence electrons. The Hall–Kier alpha value is -3.65. The monoisotopic (exact) mass is 427 g/mol. The number of nitrogens with zero attached hydrogens (tertiary/aromatic N) is 2. The molecule has 3 rings (SSSR count). The van der Waals surface area contributed by atoms with Gasteiger partial charge in [-0.2, -0.15) is 0 Å². The number of nitrogens with one attached hydrogen (secondary N) is 1. The van der Waals surface area contributed by atoms with Crippen molar-refractivity contribution in [3.8, 4) is 11.6 Å². The molecule has 9 heteroatoms. The van der Waals surface area contributed by atoms with Crippen molar-refractivity contribution in [2.45, 2.75) is 13.8 Å².